The van der Waals surface area contributed by atoms with Gasteiger partial charge in [0.2, 0.25) is 0 Å². The molecule has 148 valence electrons. The van der Waals surface area contributed by atoms with Crippen LogP contribution in [-0.4, -0.2) is 17.9 Å². The van der Waals surface area contributed by atoms with Gasteiger partial charge < -0.3 is 10.1 Å². The molecule has 0 spiro atoms. The molecular weight excluding hydrogens is 374 g/mol. The Kier molecular flexibility index (Phi) is 5.58. The topological polar surface area (TPSA) is 55.4 Å². The summed E-state index contributed by atoms with van der Waals surface area (Å²) in [5.41, 5.74) is 3.91. The molecule has 0 amide bonds. The van der Waals surface area contributed by atoms with Crippen LogP contribution in [0.3, 0.4) is 0 Å². The second-order valence-corrected chi connectivity index (χ2v) is 8.42. The molecule has 0 aromatic heterocycles. The minimum atomic E-state index is -0.391. The molecular formula is C23H26ClNO3. The first-order chi connectivity index (χ1) is 13.5. The van der Waals surface area contributed by atoms with Crippen LogP contribution in [0.2, 0.25) is 5.02 Å². The minimum Gasteiger partial charge on any atom is -0.459 e. The number of rotatable bonds is 3. The zero-order valence-corrected chi connectivity index (χ0v) is 17.0. The number of carbonyl (C=O) groups excluding carboxylic acids is 2. The Hall–Kier alpha value is -2.07. The molecule has 2 aliphatic carbocycles. The van der Waals surface area contributed by atoms with Crippen molar-refractivity contribution in [2.24, 2.45) is 0 Å². The first-order valence-electron chi connectivity index (χ1n) is 10.2. The van der Waals surface area contributed by atoms with Gasteiger partial charge in [-0.15, -0.1) is 0 Å². The summed E-state index contributed by atoms with van der Waals surface area (Å²) in [4.78, 5) is 26.1. The van der Waals surface area contributed by atoms with Gasteiger partial charge in [-0.3, -0.25) is 4.79 Å². The number of ketones is 1. The molecule has 1 aromatic carbocycles. The van der Waals surface area contributed by atoms with Crippen LogP contribution in [0.25, 0.3) is 0 Å². The lowest BCUT2D eigenvalue weighted by Crippen LogP contribution is -2.35. The third kappa shape index (κ3) is 3.75. The lowest BCUT2D eigenvalue weighted by atomic mass is 9.75. The average Bonchev–Trinajstić information content (AvgIpc) is 2.68. The molecule has 4 nitrogen and oxygen atoms in total. The van der Waals surface area contributed by atoms with Crippen molar-refractivity contribution in [1.82, 2.24) is 5.32 Å². The highest BCUT2D eigenvalue weighted by Gasteiger charge is 2.39. The van der Waals surface area contributed by atoms with Crippen LogP contribution in [0.5, 0.6) is 0 Å². The molecule has 5 heteroatoms. The largest absolute Gasteiger partial charge is 0.459 e. The summed E-state index contributed by atoms with van der Waals surface area (Å²) in [7, 11) is 0. The van der Waals surface area contributed by atoms with Crippen LogP contribution in [0.1, 0.15) is 69.8 Å². The minimum absolute atomic E-state index is 0.0233. The van der Waals surface area contributed by atoms with Gasteiger partial charge in [0.05, 0.1) is 5.57 Å². The molecule has 28 heavy (non-hydrogen) atoms. The van der Waals surface area contributed by atoms with Gasteiger partial charge in [0.25, 0.3) is 0 Å². The van der Waals surface area contributed by atoms with Gasteiger partial charge in [0.15, 0.2) is 5.78 Å². The van der Waals surface area contributed by atoms with E-state index in [-0.39, 0.29) is 17.9 Å². The second-order valence-electron chi connectivity index (χ2n) is 7.98. The Bertz CT molecular complexity index is 847. The smallest absolute Gasteiger partial charge is 0.337 e. The Balaban J connectivity index is 1.72. The number of Topliss-reactive ketones (excluding diaryl/α,β-unsaturated/α-hetero) is 1. The maximum Gasteiger partial charge on any atom is 0.337 e. The van der Waals surface area contributed by atoms with Crippen LogP contribution in [0.4, 0.5) is 0 Å². The van der Waals surface area contributed by atoms with Crippen molar-refractivity contribution >= 4 is 23.4 Å². The molecule has 0 saturated heterocycles. The van der Waals surface area contributed by atoms with Crippen LogP contribution >= 0.6 is 11.6 Å². The molecule has 1 aromatic rings. The van der Waals surface area contributed by atoms with Crippen molar-refractivity contribution in [3.05, 3.63) is 57.4 Å². The predicted octanol–water partition coefficient (Wildman–Crippen LogP) is 5.18. The van der Waals surface area contributed by atoms with Crippen LogP contribution in [0, 0.1) is 0 Å². The Labute approximate surface area is 171 Å². The van der Waals surface area contributed by atoms with E-state index in [2.05, 4.69) is 5.32 Å². The van der Waals surface area contributed by atoms with E-state index >= 15 is 0 Å². The molecule has 1 N–H and O–H groups in total. The molecule has 4 rings (SSSR count). The quantitative estimate of drug-likeness (QED) is 0.711. The van der Waals surface area contributed by atoms with E-state index in [1.165, 1.54) is 6.42 Å². The fourth-order valence-electron chi connectivity index (χ4n) is 4.64. The van der Waals surface area contributed by atoms with Gasteiger partial charge in [-0.2, -0.15) is 0 Å². The van der Waals surface area contributed by atoms with E-state index in [1.54, 1.807) is 0 Å². The fourth-order valence-corrected chi connectivity index (χ4v) is 4.77. The summed E-state index contributed by atoms with van der Waals surface area (Å²) in [5, 5.41) is 3.97. The van der Waals surface area contributed by atoms with Gasteiger partial charge in [0.1, 0.15) is 6.10 Å². The summed E-state index contributed by atoms with van der Waals surface area (Å²) in [6.07, 6.45) is 7.41. The molecule has 1 saturated carbocycles. The molecule has 0 bridgehead atoms. The highest BCUT2D eigenvalue weighted by Crippen LogP contribution is 2.43. The summed E-state index contributed by atoms with van der Waals surface area (Å²) in [6, 6.07) is 7.44. The highest BCUT2D eigenvalue weighted by molar-refractivity contribution is 6.30. The number of carbonyl (C=O) groups is 2. The van der Waals surface area contributed by atoms with Gasteiger partial charge in [-0.1, -0.05) is 30.2 Å². The summed E-state index contributed by atoms with van der Waals surface area (Å²) in [6.45, 7) is 1.91. The monoisotopic (exact) mass is 399 g/mol. The lowest BCUT2D eigenvalue weighted by Gasteiger charge is -2.35. The van der Waals surface area contributed by atoms with Gasteiger partial charge in [-0.05, 0) is 63.1 Å². The standard InChI is InChI=1S/C23H26ClNO3/c1-14-20(23(27)28-17-6-3-2-4-7-17)21(15-10-12-16(24)13-11-15)22-18(25-14)8-5-9-19(22)26/h10-13,17,21,25H,2-9H2,1H3. The normalized spacial score (nSPS) is 23.4. The Morgan fingerprint density at radius 2 is 1.79 bits per heavy atom. The number of allylic oxidation sites excluding steroid dienone is 3. The van der Waals surface area contributed by atoms with E-state index in [1.807, 2.05) is 31.2 Å². The number of esters is 1. The number of dihydropyridines is 1. The predicted molar refractivity (Wildman–Crippen MR) is 109 cm³/mol. The number of benzene rings is 1. The molecule has 1 aliphatic heterocycles. The number of hydrogen-bond acceptors (Lipinski definition) is 4. The van der Waals surface area contributed by atoms with Gasteiger partial charge in [-0.25, -0.2) is 4.79 Å². The van der Waals surface area contributed by atoms with Crippen molar-refractivity contribution in [2.75, 3.05) is 0 Å². The van der Waals surface area contributed by atoms with Crippen LogP contribution in [0.15, 0.2) is 46.8 Å². The van der Waals surface area contributed by atoms with Crippen molar-refractivity contribution in [3.8, 4) is 0 Å². The van der Waals surface area contributed by atoms with Gasteiger partial charge in [0, 0.05) is 34.3 Å². The molecule has 1 heterocycles. The molecule has 3 aliphatic rings. The maximum atomic E-state index is 13.2. The number of nitrogens with one attached hydrogen (secondary N) is 1. The zero-order chi connectivity index (χ0) is 19.7. The average molecular weight is 400 g/mol. The Morgan fingerprint density at radius 1 is 1.07 bits per heavy atom. The lowest BCUT2D eigenvalue weighted by molar-refractivity contribution is -0.146. The SMILES string of the molecule is CC1=C(C(=O)OC2CCCCC2)C(c2ccc(Cl)cc2)C2=C(CCCC2=O)N1. The second kappa shape index (κ2) is 8.12. The molecule has 1 unspecified atom stereocenters. The fraction of sp³-hybridized carbons (Fsp3) is 0.478. The first-order valence-corrected chi connectivity index (χ1v) is 10.6. The number of ether oxygens (including phenoxy) is 1. The summed E-state index contributed by atoms with van der Waals surface area (Å²) < 4.78 is 5.89. The number of halogens is 1. The van der Waals surface area contributed by atoms with Crippen molar-refractivity contribution in [3.63, 3.8) is 0 Å². The summed E-state index contributed by atoms with van der Waals surface area (Å²) >= 11 is 6.08. The molecule has 1 fully saturated rings. The highest BCUT2D eigenvalue weighted by atomic mass is 35.5. The third-order valence-corrected chi connectivity index (χ3v) is 6.28. The number of hydrogen-bond donors (Lipinski definition) is 1. The zero-order valence-electron chi connectivity index (χ0n) is 16.2. The van der Waals surface area contributed by atoms with Crippen molar-refractivity contribution < 1.29 is 14.3 Å². The van der Waals surface area contributed by atoms with Crippen LogP contribution in [-0.2, 0) is 14.3 Å². The van der Waals surface area contributed by atoms with Crippen molar-refractivity contribution in [2.45, 2.75) is 70.3 Å². The first kappa shape index (κ1) is 19.3. The van der Waals surface area contributed by atoms with Crippen molar-refractivity contribution in [1.29, 1.82) is 0 Å². The summed E-state index contributed by atoms with van der Waals surface area (Å²) in [5.74, 6) is -0.580. The van der Waals surface area contributed by atoms with E-state index in [9.17, 15) is 9.59 Å². The molecule has 0 radical (unpaired) electrons. The third-order valence-electron chi connectivity index (χ3n) is 6.03. The Morgan fingerprint density at radius 3 is 2.50 bits per heavy atom. The van der Waals surface area contributed by atoms with E-state index in [4.69, 9.17) is 16.3 Å². The maximum absolute atomic E-state index is 13.2. The van der Waals surface area contributed by atoms with Gasteiger partial charge >= 0.3 is 5.97 Å². The van der Waals surface area contributed by atoms with E-state index < -0.39 is 5.92 Å². The van der Waals surface area contributed by atoms with E-state index in [0.29, 0.717) is 17.0 Å². The van der Waals surface area contributed by atoms with E-state index in [0.717, 1.165) is 61.1 Å². The van der Waals surface area contributed by atoms with Crippen LogP contribution < -0.4 is 5.32 Å². The molecule has 1 atom stereocenters.